The molecule has 0 unspecified atom stereocenters. The van der Waals surface area contributed by atoms with Crippen LogP contribution in [-0.4, -0.2) is 53.2 Å². The molecule has 1 N–H and O–H groups in total. The van der Waals surface area contributed by atoms with Gasteiger partial charge in [-0.05, 0) is 18.6 Å². The van der Waals surface area contributed by atoms with Gasteiger partial charge in [-0.2, -0.15) is 0 Å². The maximum absolute atomic E-state index is 12.8. The number of ether oxygens (including phenoxy) is 1. The Kier molecular flexibility index (Phi) is 3.80. The highest BCUT2D eigenvalue weighted by Gasteiger charge is 2.55. The summed E-state index contributed by atoms with van der Waals surface area (Å²) in [5.74, 6) is -0.984. The van der Waals surface area contributed by atoms with E-state index in [0.717, 1.165) is 5.56 Å². The molecule has 2 aliphatic heterocycles. The lowest BCUT2D eigenvalue weighted by Crippen LogP contribution is -2.45. The highest BCUT2D eigenvalue weighted by atomic mass is 16.5. The molecule has 0 radical (unpaired) electrons. The molecule has 2 aliphatic rings. The number of aromatic nitrogens is 1. The quantitative estimate of drug-likeness (QED) is 0.916. The molecule has 7 heteroatoms. The summed E-state index contributed by atoms with van der Waals surface area (Å²) < 4.78 is 10.8. The number of carbonyl (C=O) groups is 2. The van der Waals surface area contributed by atoms with Crippen LogP contribution in [0.1, 0.15) is 16.9 Å². The van der Waals surface area contributed by atoms with Crippen LogP contribution in [0.5, 0.6) is 0 Å². The summed E-state index contributed by atoms with van der Waals surface area (Å²) in [4.78, 5) is 30.4. The van der Waals surface area contributed by atoms with Crippen LogP contribution in [-0.2, 0) is 9.53 Å². The Hall–Kier alpha value is -2.67. The number of likely N-dealkylation sites (tertiary alicyclic amines) is 1. The van der Waals surface area contributed by atoms with Gasteiger partial charge in [-0.15, -0.1) is 0 Å². The molecule has 7 nitrogen and oxygen atoms in total. The van der Waals surface area contributed by atoms with Gasteiger partial charge >= 0.3 is 5.97 Å². The molecule has 2 fully saturated rings. The van der Waals surface area contributed by atoms with Crippen molar-refractivity contribution in [3.05, 3.63) is 42.3 Å². The second-order valence-corrected chi connectivity index (χ2v) is 6.57. The maximum Gasteiger partial charge on any atom is 0.311 e. The summed E-state index contributed by atoms with van der Waals surface area (Å²) in [6, 6.07) is 9.31. The van der Waals surface area contributed by atoms with Crippen molar-refractivity contribution in [1.82, 2.24) is 9.88 Å². The summed E-state index contributed by atoms with van der Waals surface area (Å²) in [6.45, 7) is 1.32. The van der Waals surface area contributed by atoms with Crippen molar-refractivity contribution >= 4 is 11.9 Å². The van der Waals surface area contributed by atoms with Crippen LogP contribution < -0.4 is 0 Å². The van der Waals surface area contributed by atoms with E-state index in [1.165, 1.54) is 6.26 Å². The van der Waals surface area contributed by atoms with Gasteiger partial charge in [0.1, 0.15) is 6.26 Å². The summed E-state index contributed by atoms with van der Waals surface area (Å²) in [5.41, 5.74) is 0.0610. The molecule has 1 aromatic carbocycles. The first kappa shape index (κ1) is 15.8. The molecular weight excluding hydrogens is 324 g/mol. The number of hydrogen-bond acceptors (Lipinski definition) is 5. The van der Waals surface area contributed by atoms with Crippen LogP contribution in [0.25, 0.3) is 11.5 Å². The fourth-order valence-electron chi connectivity index (χ4n) is 3.70. The van der Waals surface area contributed by atoms with Crippen molar-refractivity contribution in [3.63, 3.8) is 0 Å². The van der Waals surface area contributed by atoms with Gasteiger partial charge in [-0.3, -0.25) is 9.59 Å². The normalized spacial score (nSPS) is 25.6. The lowest BCUT2D eigenvalue weighted by molar-refractivity contribution is -0.157. The second kappa shape index (κ2) is 6.00. The summed E-state index contributed by atoms with van der Waals surface area (Å²) >= 11 is 0. The third-order valence-electron chi connectivity index (χ3n) is 5.16. The number of rotatable bonds is 3. The van der Waals surface area contributed by atoms with Crippen LogP contribution >= 0.6 is 0 Å². The van der Waals surface area contributed by atoms with Gasteiger partial charge in [-0.1, -0.05) is 18.2 Å². The average Bonchev–Trinajstić information content (AvgIpc) is 3.27. The van der Waals surface area contributed by atoms with Gasteiger partial charge in [0.25, 0.3) is 5.91 Å². The zero-order chi connectivity index (χ0) is 17.4. The number of amides is 1. The lowest BCUT2D eigenvalue weighted by atomic mass is 9.74. The van der Waals surface area contributed by atoms with Crippen LogP contribution in [0.4, 0.5) is 0 Å². The van der Waals surface area contributed by atoms with E-state index in [1.54, 1.807) is 4.90 Å². The SMILES string of the molecule is O=C(c1coc(-c2ccccc2)n1)N1C[C@H]2COCC[C@@]2(C(=O)O)C1. The molecule has 2 aromatic rings. The smallest absolute Gasteiger partial charge is 0.311 e. The molecule has 1 aromatic heterocycles. The molecule has 0 saturated carbocycles. The standard InChI is InChI=1S/C18H18N2O5/c21-16(14-10-25-15(19-14)12-4-2-1-3-5-12)20-8-13-9-24-7-6-18(13,11-20)17(22)23/h1-5,10,13H,6-9,11H2,(H,22,23)/t13-,18+/m0/s1. The number of carboxylic acid groups (broad SMARTS) is 1. The summed E-state index contributed by atoms with van der Waals surface area (Å²) in [6.07, 6.45) is 1.75. The molecule has 25 heavy (non-hydrogen) atoms. The van der Waals surface area contributed by atoms with Gasteiger partial charge in [-0.25, -0.2) is 4.98 Å². The van der Waals surface area contributed by atoms with Gasteiger partial charge in [0.15, 0.2) is 5.69 Å². The minimum absolute atomic E-state index is 0.183. The molecule has 2 atom stereocenters. The van der Waals surface area contributed by atoms with Crippen LogP contribution in [0.3, 0.4) is 0 Å². The number of carbonyl (C=O) groups excluding carboxylic acids is 1. The van der Waals surface area contributed by atoms with E-state index in [0.29, 0.717) is 32.1 Å². The first-order chi connectivity index (χ1) is 12.1. The Morgan fingerprint density at radius 3 is 2.80 bits per heavy atom. The van der Waals surface area contributed by atoms with Crippen molar-refractivity contribution < 1.29 is 23.8 Å². The molecule has 0 aliphatic carbocycles. The first-order valence-corrected chi connectivity index (χ1v) is 8.21. The van der Waals surface area contributed by atoms with E-state index < -0.39 is 11.4 Å². The Bertz CT molecular complexity index is 803. The van der Waals surface area contributed by atoms with Crippen LogP contribution in [0.2, 0.25) is 0 Å². The molecule has 0 spiro atoms. The van der Waals surface area contributed by atoms with Crippen molar-refractivity contribution in [2.75, 3.05) is 26.3 Å². The Morgan fingerprint density at radius 2 is 2.08 bits per heavy atom. The molecule has 2 saturated heterocycles. The third kappa shape index (κ3) is 2.60. The molecule has 130 valence electrons. The number of nitrogens with zero attached hydrogens (tertiary/aromatic N) is 2. The van der Waals surface area contributed by atoms with Crippen molar-refractivity contribution in [3.8, 4) is 11.5 Å². The van der Waals surface area contributed by atoms with Crippen LogP contribution in [0.15, 0.2) is 41.0 Å². The number of hydrogen-bond donors (Lipinski definition) is 1. The number of carboxylic acids is 1. The first-order valence-electron chi connectivity index (χ1n) is 8.21. The number of benzene rings is 1. The second-order valence-electron chi connectivity index (χ2n) is 6.57. The molecule has 0 bridgehead atoms. The zero-order valence-electron chi connectivity index (χ0n) is 13.6. The Labute approximate surface area is 144 Å². The Balaban J connectivity index is 1.56. The fourth-order valence-corrected chi connectivity index (χ4v) is 3.70. The fraction of sp³-hybridized carbons (Fsp3) is 0.389. The van der Waals surface area contributed by atoms with Gasteiger partial charge in [0.05, 0.1) is 12.0 Å². The molecular formula is C18H18N2O5. The monoisotopic (exact) mass is 342 g/mol. The summed E-state index contributed by atoms with van der Waals surface area (Å²) in [7, 11) is 0. The minimum atomic E-state index is -0.917. The van der Waals surface area contributed by atoms with Gasteiger partial charge in [0.2, 0.25) is 5.89 Å². The highest BCUT2D eigenvalue weighted by molar-refractivity contribution is 5.93. The van der Waals surface area contributed by atoms with Crippen molar-refractivity contribution in [2.24, 2.45) is 11.3 Å². The van der Waals surface area contributed by atoms with Crippen LogP contribution in [0, 0.1) is 11.3 Å². The summed E-state index contributed by atoms with van der Waals surface area (Å²) in [5, 5.41) is 9.69. The Morgan fingerprint density at radius 1 is 1.28 bits per heavy atom. The third-order valence-corrected chi connectivity index (χ3v) is 5.16. The maximum atomic E-state index is 12.8. The topological polar surface area (TPSA) is 92.9 Å². The van der Waals surface area contributed by atoms with E-state index in [4.69, 9.17) is 9.15 Å². The van der Waals surface area contributed by atoms with Gasteiger partial charge < -0.3 is 19.2 Å². The minimum Gasteiger partial charge on any atom is -0.481 e. The van der Waals surface area contributed by atoms with Gasteiger partial charge in [0, 0.05) is 31.2 Å². The number of aliphatic carboxylic acids is 1. The van der Waals surface area contributed by atoms with E-state index >= 15 is 0 Å². The predicted octanol–water partition coefficient (Wildman–Crippen LogP) is 1.90. The molecule has 1 amide bonds. The average molecular weight is 342 g/mol. The number of oxazole rings is 1. The molecule has 3 heterocycles. The lowest BCUT2D eigenvalue weighted by Gasteiger charge is -2.33. The highest BCUT2D eigenvalue weighted by Crippen LogP contribution is 2.42. The van der Waals surface area contributed by atoms with E-state index in [-0.39, 0.29) is 24.1 Å². The van der Waals surface area contributed by atoms with Crippen molar-refractivity contribution in [2.45, 2.75) is 6.42 Å². The number of fused-ring (bicyclic) bond motifs is 1. The zero-order valence-corrected chi connectivity index (χ0v) is 13.6. The predicted molar refractivity (Wildman–Crippen MR) is 86.8 cm³/mol. The van der Waals surface area contributed by atoms with E-state index in [1.807, 2.05) is 30.3 Å². The largest absolute Gasteiger partial charge is 0.481 e. The van der Waals surface area contributed by atoms with Crippen molar-refractivity contribution in [1.29, 1.82) is 0 Å². The van der Waals surface area contributed by atoms with E-state index in [9.17, 15) is 14.7 Å². The molecule has 4 rings (SSSR count). The van der Waals surface area contributed by atoms with E-state index in [2.05, 4.69) is 4.98 Å².